The van der Waals surface area contributed by atoms with Gasteiger partial charge < -0.3 is 14.5 Å². The van der Waals surface area contributed by atoms with Crippen LogP contribution in [0.2, 0.25) is 0 Å². The Labute approximate surface area is 163 Å². The van der Waals surface area contributed by atoms with Crippen molar-refractivity contribution in [2.75, 3.05) is 36.0 Å². The fourth-order valence-corrected chi connectivity index (χ4v) is 3.55. The predicted octanol–water partition coefficient (Wildman–Crippen LogP) is 2.26. The maximum absolute atomic E-state index is 12.9. The van der Waals surface area contributed by atoms with Gasteiger partial charge in [0.1, 0.15) is 17.3 Å². The van der Waals surface area contributed by atoms with E-state index in [1.54, 1.807) is 19.9 Å². The van der Waals surface area contributed by atoms with Gasteiger partial charge in [0.25, 0.3) is 11.3 Å². The van der Waals surface area contributed by atoms with Crippen LogP contribution >= 0.6 is 0 Å². The van der Waals surface area contributed by atoms with Gasteiger partial charge in [-0.15, -0.1) is 13.2 Å². The minimum atomic E-state index is -4.73. The molecule has 1 aliphatic heterocycles. The van der Waals surface area contributed by atoms with Gasteiger partial charge in [-0.3, -0.25) is 9.89 Å². The lowest BCUT2D eigenvalue weighted by Gasteiger charge is -2.37. The van der Waals surface area contributed by atoms with Gasteiger partial charge in [-0.1, -0.05) is 6.07 Å². The third kappa shape index (κ3) is 3.84. The van der Waals surface area contributed by atoms with E-state index in [1.807, 2.05) is 9.80 Å². The Kier molecular flexibility index (Phi) is 4.59. The summed E-state index contributed by atoms with van der Waals surface area (Å²) in [6.45, 7) is 5.66. The molecule has 4 rings (SSSR count). The number of anilines is 2. The number of aromatic nitrogens is 4. The topological polar surface area (TPSA) is 78.8 Å². The van der Waals surface area contributed by atoms with Crippen molar-refractivity contribution in [2.45, 2.75) is 20.2 Å². The molecule has 0 spiro atoms. The van der Waals surface area contributed by atoms with Crippen LogP contribution in [0, 0.1) is 13.8 Å². The van der Waals surface area contributed by atoms with Crippen molar-refractivity contribution in [1.29, 1.82) is 0 Å². The number of halogens is 3. The van der Waals surface area contributed by atoms with Gasteiger partial charge in [-0.25, -0.2) is 4.98 Å². The van der Waals surface area contributed by atoms with Crippen molar-refractivity contribution in [3.05, 3.63) is 46.1 Å². The first-order valence-electron chi connectivity index (χ1n) is 9.03. The second kappa shape index (κ2) is 6.98. The number of H-pyrrole nitrogens is 1. The summed E-state index contributed by atoms with van der Waals surface area (Å²) >= 11 is 0. The number of fused-ring (bicyclic) bond motifs is 1. The van der Waals surface area contributed by atoms with Crippen LogP contribution in [-0.4, -0.2) is 52.1 Å². The zero-order chi connectivity index (χ0) is 20.8. The van der Waals surface area contributed by atoms with Crippen LogP contribution in [-0.2, 0) is 0 Å². The van der Waals surface area contributed by atoms with E-state index in [2.05, 4.69) is 19.8 Å². The quantitative estimate of drug-likeness (QED) is 0.716. The normalized spacial score (nSPS) is 15.2. The number of piperazine rings is 1. The third-order valence-electron chi connectivity index (χ3n) is 4.77. The zero-order valence-corrected chi connectivity index (χ0v) is 15.8. The summed E-state index contributed by atoms with van der Waals surface area (Å²) in [7, 11) is 0. The van der Waals surface area contributed by atoms with Crippen molar-refractivity contribution in [1.82, 2.24) is 19.6 Å². The Morgan fingerprint density at radius 2 is 1.76 bits per heavy atom. The molecule has 1 fully saturated rings. The lowest BCUT2D eigenvalue weighted by Crippen LogP contribution is -2.48. The van der Waals surface area contributed by atoms with E-state index in [9.17, 15) is 18.0 Å². The molecule has 0 aliphatic carbocycles. The van der Waals surface area contributed by atoms with Crippen LogP contribution in [0.3, 0.4) is 0 Å². The van der Waals surface area contributed by atoms with Gasteiger partial charge in [0.15, 0.2) is 0 Å². The van der Waals surface area contributed by atoms with E-state index >= 15 is 0 Å². The Bertz CT molecular complexity index is 1100. The predicted molar refractivity (Wildman–Crippen MR) is 101 cm³/mol. The first-order valence-corrected chi connectivity index (χ1v) is 9.03. The minimum Gasteiger partial charge on any atom is -0.406 e. The highest BCUT2D eigenvalue weighted by atomic mass is 19.4. The summed E-state index contributed by atoms with van der Waals surface area (Å²) < 4.78 is 42.7. The van der Waals surface area contributed by atoms with Crippen LogP contribution in [0.1, 0.15) is 11.5 Å². The second-order valence-electron chi connectivity index (χ2n) is 6.81. The van der Waals surface area contributed by atoms with E-state index in [4.69, 9.17) is 0 Å². The minimum absolute atomic E-state index is 0.220. The molecule has 0 radical (unpaired) electrons. The summed E-state index contributed by atoms with van der Waals surface area (Å²) in [4.78, 5) is 25.3. The fourth-order valence-electron chi connectivity index (χ4n) is 3.55. The molecule has 11 heteroatoms. The number of rotatable bonds is 3. The third-order valence-corrected chi connectivity index (χ3v) is 4.77. The lowest BCUT2D eigenvalue weighted by atomic mass is 10.2. The molecule has 1 aliphatic rings. The molecule has 1 saturated heterocycles. The standard InChI is InChI=1S/C18H19F3N6O2/c1-11-15(16(28)27-17(22-11)23-12(2)24-27)26-8-6-25(7-9-26)13-4-3-5-14(10-13)29-18(19,20)21/h3-5,10H,6-9H2,1-2H3,(H,22,23,24). The van der Waals surface area contributed by atoms with Crippen molar-refractivity contribution in [3.63, 3.8) is 0 Å². The van der Waals surface area contributed by atoms with Crippen LogP contribution in [0.25, 0.3) is 5.78 Å². The van der Waals surface area contributed by atoms with E-state index in [-0.39, 0.29) is 11.3 Å². The molecule has 0 saturated carbocycles. The molecule has 1 N–H and O–H groups in total. The van der Waals surface area contributed by atoms with Crippen molar-refractivity contribution in [2.24, 2.45) is 0 Å². The van der Waals surface area contributed by atoms with Crippen molar-refractivity contribution < 1.29 is 17.9 Å². The summed E-state index contributed by atoms with van der Waals surface area (Å²) in [5.41, 5.74) is 1.51. The van der Waals surface area contributed by atoms with E-state index in [1.165, 1.54) is 22.7 Å². The maximum Gasteiger partial charge on any atom is 0.573 e. The van der Waals surface area contributed by atoms with Gasteiger partial charge >= 0.3 is 6.36 Å². The molecule has 1 aromatic carbocycles. The number of aromatic amines is 1. The number of benzene rings is 1. The van der Waals surface area contributed by atoms with Crippen molar-refractivity contribution >= 4 is 17.2 Å². The number of hydrogen-bond donors (Lipinski definition) is 1. The van der Waals surface area contributed by atoms with Crippen LogP contribution in [0.4, 0.5) is 24.5 Å². The van der Waals surface area contributed by atoms with Gasteiger partial charge in [0.05, 0.1) is 5.69 Å². The van der Waals surface area contributed by atoms with Gasteiger partial charge in [-0.05, 0) is 26.0 Å². The van der Waals surface area contributed by atoms with Crippen molar-refractivity contribution in [3.8, 4) is 5.75 Å². The lowest BCUT2D eigenvalue weighted by molar-refractivity contribution is -0.274. The summed E-state index contributed by atoms with van der Waals surface area (Å²) in [6.07, 6.45) is -4.73. The summed E-state index contributed by atoms with van der Waals surface area (Å²) in [5, 5.41) is 2.88. The molecule has 3 heterocycles. The summed E-state index contributed by atoms with van der Waals surface area (Å²) in [6, 6.07) is 5.90. The van der Waals surface area contributed by atoms with E-state index in [0.717, 1.165) is 0 Å². The van der Waals surface area contributed by atoms with E-state index in [0.29, 0.717) is 54.8 Å². The second-order valence-corrected chi connectivity index (χ2v) is 6.81. The van der Waals surface area contributed by atoms with Gasteiger partial charge in [0.2, 0.25) is 0 Å². The highest BCUT2D eigenvalue weighted by molar-refractivity contribution is 5.56. The molecule has 0 amide bonds. The molecule has 2 aromatic heterocycles. The van der Waals surface area contributed by atoms with Gasteiger partial charge in [-0.2, -0.15) is 9.50 Å². The SMILES string of the molecule is Cc1nc2nc(C)c(N3CCN(c4cccc(OC(F)(F)F)c4)CC3)c(=O)n2[nH]1. The Morgan fingerprint density at radius 3 is 2.45 bits per heavy atom. The number of nitrogens with one attached hydrogen (secondary N) is 1. The zero-order valence-electron chi connectivity index (χ0n) is 15.8. The molecular weight excluding hydrogens is 389 g/mol. The van der Waals surface area contributed by atoms with Crippen LogP contribution in [0.15, 0.2) is 29.1 Å². The van der Waals surface area contributed by atoms with E-state index < -0.39 is 6.36 Å². The molecular formula is C18H19F3N6O2. The molecule has 29 heavy (non-hydrogen) atoms. The number of ether oxygens (including phenoxy) is 1. The van der Waals surface area contributed by atoms with Gasteiger partial charge in [0, 0.05) is 37.9 Å². The fraction of sp³-hybridized carbons (Fsp3) is 0.389. The average Bonchev–Trinajstić information content (AvgIpc) is 3.01. The number of hydrogen-bond acceptors (Lipinski definition) is 6. The molecule has 154 valence electrons. The summed E-state index contributed by atoms with van der Waals surface area (Å²) in [5.74, 6) is 0.668. The first-order chi connectivity index (χ1) is 13.7. The highest BCUT2D eigenvalue weighted by Crippen LogP contribution is 2.28. The number of nitrogens with zero attached hydrogens (tertiary/aromatic N) is 5. The monoisotopic (exact) mass is 408 g/mol. The molecule has 3 aromatic rings. The Morgan fingerprint density at radius 1 is 1.07 bits per heavy atom. The van der Waals surface area contributed by atoms with Crippen LogP contribution < -0.4 is 20.1 Å². The van der Waals surface area contributed by atoms with Crippen LogP contribution in [0.5, 0.6) is 5.75 Å². The molecule has 0 bridgehead atoms. The molecule has 0 unspecified atom stereocenters. The average molecular weight is 408 g/mol. The first kappa shape index (κ1) is 19.1. The maximum atomic E-state index is 12.9. The number of aryl methyl sites for hydroxylation is 2. The smallest absolute Gasteiger partial charge is 0.406 e. The number of alkyl halides is 3. The highest BCUT2D eigenvalue weighted by Gasteiger charge is 2.31. The Balaban J connectivity index is 1.53. The Hall–Kier alpha value is -3.24. The molecule has 0 atom stereocenters. The molecule has 8 nitrogen and oxygen atoms in total. The largest absolute Gasteiger partial charge is 0.573 e.